The van der Waals surface area contributed by atoms with Gasteiger partial charge in [-0.3, -0.25) is 4.79 Å². The first-order valence-corrected chi connectivity index (χ1v) is 9.58. The van der Waals surface area contributed by atoms with Crippen LogP contribution in [0, 0.1) is 0 Å². The number of amides is 1. The molecule has 1 heterocycles. The molecule has 7 heteroatoms. The molecule has 1 aromatic rings. The topological polar surface area (TPSA) is 29.1 Å². The van der Waals surface area contributed by atoms with Crippen molar-refractivity contribution in [3.63, 3.8) is 0 Å². The molecule has 0 aliphatic heterocycles. The van der Waals surface area contributed by atoms with Crippen LogP contribution in [0.4, 0.5) is 0 Å². The molecule has 1 rings (SSSR count). The van der Waals surface area contributed by atoms with E-state index in [4.69, 9.17) is 46.4 Å². The van der Waals surface area contributed by atoms with Gasteiger partial charge in [0.2, 0.25) is 0 Å². The zero-order valence-corrected chi connectivity index (χ0v) is 15.1. The maximum atomic E-state index is 12.2. The first-order chi connectivity index (χ1) is 9.69. The van der Waals surface area contributed by atoms with E-state index in [9.17, 15) is 4.79 Å². The third-order valence-electron chi connectivity index (χ3n) is 2.95. The van der Waals surface area contributed by atoms with Crippen molar-refractivity contribution in [3.05, 3.63) is 21.7 Å². The van der Waals surface area contributed by atoms with Gasteiger partial charge in [0.25, 0.3) is 5.91 Å². The summed E-state index contributed by atoms with van der Waals surface area (Å²) in [7, 11) is 0.372. The van der Waals surface area contributed by atoms with Crippen LogP contribution >= 0.6 is 54.6 Å². The maximum Gasteiger partial charge on any atom is 0.255 e. The van der Waals surface area contributed by atoms with Crippen LogP contribution in [-0.2, 0) is 19.3 Å². The van der Waals surface area contributed by atoms with E-state index in [1.54, 1.807) is 0 Å². The Morgan fingerprint density at radius 3 is 2.05 bits per heavy atom. The van der Waals surface area contributed by atoms with Gasteiger partial charge in [0.15, 0.2) is 0 Å². The molecule has 0 aliphatic rings. The van der Waals surface area contributed by atoms with Crippen LogP contribution < -0.4 is 5.32 Å². The average Bonchev–Trinajstić information content (AvgIpc) is 2.76. The van der Waals surface area contributed by atoms with Crippen molar-refractivity contribution in [1.29, 1.82) is 0 Å². The van der Waals surface area contributed by atoms with Crippen molar-refractivity contribution in [2.24, 2.45) is 0 Å². The van der Waals surface area contributed by atoms with Crippen LogP contribution in [0.15, 0.2) is 0 Å². The predicted molar refractivity (Wildman–Crippen MR) is 92.3 cm³/mol. The summed E-state index contributed by atoms with van der Waals surface area (Å²) in [5.41, 5.74) is 2.25. The highest BCUT2D eigenvalue weighted by molar-refractivity contribution is 7.33. The summed E-state index contributed by atoms with van der Waals surface area (Å²) in [6.45, 7) is 0.470. The third-order valence-corrected chi connectivity index (χ3v) is 5.34. The molecule has 0 saturated carbocycles. The number of carbonyl (C=O) groups excluding carboxylic acids is 1. The second-order valence-corrected chi connectivity index (χ2v) is 7.06. The third kappa shape index (κ3) is 5.00. The standard InChI is InChI=1S/C13H18Cl4NOP/c14-4-1-9-10(2-5-15)12(13(19)18-8-7-17)20-11(9)3-6-16/h20H,1-8H2,(H,18,19). The fraction of sp³-hybridized carbons (Fsp3) is 0.615. The van der Waals surface area contributed by atoms with Crippen molar-refractivity contribution >= 4 is 60.5 Å². The smallest absolute Gasteiger partial charge is 0.255 e. The van der Waals surface area contributed by atoms with Gasteiger partial charge in [-0.25, -0.2) is 0 Å². The minimum atomic E-state index is -0.0410. The van der Waals surface area contributed by atoms with Crippen LogP contribution in [0.25, 0.3) is 0 Å². The van der Waals surface area contributed by atoms with E-state index in [2.05, 4.69) is 5.32 Å². The largest absolute Gasteiger partial charge is 0.351 e. The lowest BCUT2D eigenvalue weighted by Gasteiger charge is -2.07. The van der Waals surface area contributed by atoms with Gasteiger partial charge in [0.1, 0.15) is 0 Å². The first-order valence-electron chi connectivity index (χ1n) is 6.44. The lowest BCUT2D eigenvalue weighted by Crippen LogP contribution is -2.25. The molecule has 0 aliphatic carbocycles. The summed E-state index contributed by atoms with van der Waals surface area (Å²) in [5.74, 6) is 1.95. The summed E-state index contributed by atoms with van der Waals surface area (Å²) in [6, 6.07) is 0. The van der Waals surface area contributed by atoms with Crippen molar-refractivity contribution in [2.45, 2.75) is 19.3 Å². The lowest BCUT2D eigenvalue weighted by atomic mass is 10.0. The van der Waals surface area contributed by atoms with E-state index in [-0.39, 0.29) is 5.91 Å². The van der Waals surface area contributed by atoms with Crippen LogP contribution in [0.3, 0.4) is 0 Å². The summed E-state index contributed by atoms with van der Waals surface area (Å²) in [5, 5.41) is 4.91. The van der Waals surface area contributed by atoms with Gasteiger partial charge in [-0.1, -0.05) is 0 Å². The molecule has 20 heavy (non-hydrogen) atoms. The van der Waals surface area contributed by atoms with Crippen LogP contribution in [0.2, 0.25) is 0 Å². The predicted octanol–water partition coefficient (Wildman–Crippen LogP) is 4.03. The molecular weight excluding hydrogens is 359 g/mol. The van der Waals surface area contributed by atoms with Gasteiger partial charge >= 0.3 is 0 Å². The van der Waals surface area contributed by atoms with E-state index in [0.717, 1.165) is 23.7 Å². The Labute approximate surface area is 141 Å². The molecule has 0 aromatic carbocycles. The van der Waals surface area contributed by atoms with Gasteiger partial charge in [0.05, 0.1) is 5.30 Å². The quantitative estimate of drug-likeness (QED) is 0.647. The monoisotopic (exact) mass is 375 g/mol. The number of nitrogens with one attached hydrogen (secondary N) is 1. The summed E-state index contributed by atoms with van der Waals surface area (Å²) >= 11 is 23.2. The number of aryl methyl sites for hydroxylation is 1. The Hall–Kier alpha value is 0.410. The summed E-state index contributed by atoms with van der Waals surface area (Å²) in [6.07, 6.45) is 2.25. The highest BCUT2D eigenvalue weighted by Crippen LogP contribution is 2.35. The number of hydrogen-bond donors (Lipinski definition) is 1. The molecule has 1 unspecified atom stereocenters. The Balaban J connectivity index is 3.12. The Morgan fingerprint density at radius 1 is 0.900 bits per heavy atom. The highest BCUT2D eigenvalue weighted by atomic mass is 35.5. The van der Waals surface area contributed by atoms with Crippen molar-refractivity contribution in [1.82, 2.24) is 5.32 Å². The number of hydrogen-bond acceptors (Lipinski definition) is 1. The normalized spacial score (nSPS) is 11.2. The molecule has 1 amide bonds. The second-order valence-electron chi connectivity index (χ2n) is 4.20. The molecule has 0 saturated heterocycles. The van der Waals surface area contributed by atoms with Gasteiger partial charge in [-0.15, -0.1) is 54.6 Å². The van der Waals surface area contributed by atoms with E-state index >= 15 is 0 Å². The number of carbonyl (C=O) groups is 1. The van der Waals surface area contributed by atoms with Gasteiger partial charge < -0.3 is 5.32 Å². The minimum absolute atomic E-state index is 0.0410. The molecule has 114 valence electrons. The van der Waals surface area contributed by atoms with E-state index in [0.29, 0.717) is 44.7 Å². The van der Waals surface area contributed by atoms with Crippen molar-refractivity contribution < 1.29 is 4.79 Å². The Bertz CT molecular complexity index is 436. The highest BCUT2D eigenvalue weighted by Gasteiger charge is 2.20. The van der Waals surface area contributed by atoms with Crippen LogP contribution in [0.5, 0.6) is 0 Å². The molecule has 0 radical (unpaired) electrons. The molecule has 0 fully saturated rings. The molecule has 1 N–H and O–H groups in total. The average molecular weight is 377 g/mol. The van der Waals surface area contributed by atoms with Crippen molar-refractivity contribution in [3.8, 4) is 0 Å². The lowest BCUT2D eigenvalue weighted by molar-refractivity contribution is 0.0959. The van der Waals surface area contributed by atoms with E-state index in [1.807, 2.05) is 0 Å². The van der Waals surface area contributed by atoms with Crippen molar-refractivity contribution in [2.75, 3.05) is 30.1 Å². The molecule has 0 bridgehead atoms. The summed E-state index contributed by atoms with van der Waals surface area (Å²) in [4.78, 5) is 12.2. The summed E-state index contributed by atoms with van der Waals surface area (Å²) < 4.78 is 0. The fourth-order valence-electron chi connectivity index (χ4n) is 2.15. The molecule has 1 aromatic heterocycles. The Kier molecular flexibility index (Phi) is 9.40. The fourth-order valence-corrected chi connectivity index (χ4v) is 4.58. The molecule has 0 spiro atoms. The Morgan fingerprint density at radius 2 is 1.50 bits per heavy atom. The van der Waals surface area contributed by atoms with Gasteiger partial charge in [0, 0.05) is 30.1 Å². The molecular formula is C13H18Cl4NOP. The van der Waals surface area contributed by atoms with Gasteiger partial charge in [-0.2, -0.15) is 0 Å². The molecule has 1 atom stereocenters. The van der Waals surface area contributed by atoms with Crippen LogP contribution in [0.1, 0.15) is 26.5 Å². The first kappa shape index (κ1) is 18.5. The van der Waals surface area contributed by atoms with Gasteiger partial charge in [-0.05, 0) is 35.7 Å². The second kappa shape index (κ2) is 10.2. The zero-order valence-electron chi connectivity index (χ0n) is 11.1. The van der Waals surface area contributed by atoms with E-state index in [1.165, 1.54) is 10.9 Å². The maximum absolute atomic E-state index is 12.2. The number of alkyl halides is 4. The SMILES string of the molecule is O=C(NCCCl)c1[pH]c(CCCl)c(CCCl)c1CCCl. The zero-order chi connectivity index (χ0) is 15.0. The minimum Gasteiger partial charge on any atom is -0.351 e. The number of halogens is 4. The molecule has 2 nitrogen and oxygen atoms in total. The van der Waals surface area contributed by atoms with Crippen LogP contribution in [-0.4, -0.2) is 36.0 Å². The van der Waals surface area contributed by atoms with E-state index < -0.39 is 0 Å². The number of rotatable bonds is 9.